The van der Waals surface area contributed by atoms with Crippen molar-refractivity contribution in [2.24, 2.45) is 10.9 Å². The average Bonchev–Trinajstić information content (AvgIpc) is 2.53. The van der Waals surface area contributed by atoms with Gasteiger partial charge < -0.3 is 20.4 Å². The SMILES string of the molecule is CCC(C(N)=NO)N1CCc2cc(OC)c(OC)cc2C1. The van der Waals surface area contributed by atoms with Crippen molar-refractivity contribution in [2.75, 3.05) is 20.8 Å². The summed E-state index contributed by atoms with van der Waals surface area (Å²) in [4.78, 5) is 2.23. The number of nitrogens with two attached hydrogens (primary N) is 1. The summed E-state index contributed by atoms with van der Waals surface area (Å²) in [5.74, 6) is 1.75. The monoisotopic (exact) mass is 293 g/mol. The Hall–Kier alpha value is -1.95. The van der Waals surface area contributed by atoms with Gasteiger partial charge in [-0.1, -0.05) is 12.1 Å². The Morgan fingerprint density at radius 1 is 1.33 bits per heavy atom. The average molecular weight is 293 g/mol. The Labute approximate surface area is 125 Å². The molecule has 1 unspecified atom stereocenters. The van der Waals surface area contributed by atoms with Gasteiger partial charge in [0.2, 0.25) is 0 Å². The summed E-state index contributed by atoms with van der Waals surface area (Å²) in [5.41, 5.74) is 8.25. The third-order valence-electron chi connectivity index (χ3n) is 4.03. The van der Waals surface area contributed by atoms with Gasteiger partial charge in [0.25, 0.3) is 0 Å². The maximum Gasteiger partial charge on any atom is 0.161 e. The van der Waals surface area contributed by atoms with Gasteiger partial charge in [-0.25, -0.2) is 0 Å². The zero-order chi connectivity index (χ0) is 15.4. The second-order valence-electron chi connectivity index (χ2n) is 5.15. The summed E-state index contributed by atoms with van der Waals surface area (Å²) in [5, 5.41) is 12.1. The van der Waals surface area contributed by atoms with Gasteiger partial charge >= 0.3 is 0 Å². The van der Waals surface area contributed by atoms with Crippen molar-refractivity contribution in [3.63, 3.8) is 0 Å². The van der Waals surface area contributed by atoms with E-state index in [1.807, 2.05) is 19.1 Å². The molecule has 1 aliphatic heterocycles. The van der Waals surface area contributed by atoms with Crippen LogP contribution in [-0.2, 0) is 13.0 Å². The first kappa shape index (κ1) is 15.4. The number of rotatable bonds is 5. The van der Waals surface area contributed by atoms with Gasteiger partial charge in [0.15, 0.2) is 17.3 Å². The summed E-state index contributed by atoms with van der Waals surface area (Å²) in [6.45, 7) is 3.66. The molecule has 0 fully saturated rings. The topological polar surface area (TPSA) is 80.3 Å². The van der Waals surface area contributed by atoms with E-state index in [4.69, 9.17) is 20.4 Å². The molecule has 0 aromatic heterocycles. The molecule has 1 aliphatic rings. The number of benzene rings is 1. The van der Waals surface area contributed by atoms with Crippen LogP contribution in [0.3, 0.4) is 0 Å². The third-order valence-corrected chi connectivity index (χ3v) is 4.03. The van der Waals surface area contributed by atoms with E-state index in [9.17, 15) is 0 Å². The second-order valence-corrected chi connectivity index (χ2v) is 5.15. The van der Waals surface area contributed by atoms with E-state index in [2.05, 4.69) is 10.1 Å². The molecule has 1 atom stereocenters. The molecule has 116 valence electrons. The first-order valence-electron chi connectivity index (χ1n) is 7.09. The Kier molecular flexibility index (Phi) is 4.90. The minimum Gasteiger partial charge on any atom is -0.493 e. The van der Waals surface area contributed by atoms with Crippen LogP contribution >= 0.6 is 0 Å². The van der Waals surface area contributed by atoms with Gasteiger partial charge in [-0.3, -0.25) is 4.90 Å². The molecule has 1 heterocycles. The molecule has 6 nitrogen and oxygen atoms in total. The smallest absolute Gasteiger partial charge is 0.161 e. The minimum atomic E-state index is -0.0451. The Balaban J connectivity index is 2.27. The summed E-state index contributed by atoms with van der Waals surface area (Å²) in [6.07, 6.45) is 1.71. The molecule has 0 spiro atoms. The van der Waals surface area contributed by atoms with E-state index in [0.29, 0.717) is 0 Å². The number of ether oxygens (including phenoxy) is 2. The van der Waals surface area contributed by atoms with Crippen LogP contribution in [0.5, 0.6) is 11.5 Å². The number of hydrogen-bond donors (Lipinski definition) is 2. The van der Waals surface area contributed by atoms with Crippen molar-refractivity contribution in [3.8, 4) is 11.5 Å². The Morgan fingerprint density at radius 3 is 2.48 bits per heavy atom. The maximum atomic E-state index is 8.91. The zero-order valence-electron chi connectivity index (χ0n) is 12.8. The van der Waals surface area contributed by atoms with E-state index in [0.717, 1.165) is 37.4 Å². The highest BCUT2D eigenvalue weighted by molar-refractivity contribution is 5.85. The number of hydrogen-bond acceptors (Lipinski definition) is 5. The standard InChI is InChI=1S/C15H23N3O3/c1-4-12(15(16)17-19)18-6-5-10-7-13(20-2)14(21-3)8-11(10)9-18/h7-8,12,19H,4-6,9H2,1-3H3,(H2,16,17). The second kappa shape index (κ2) is 6.67. The van der Waals surface area contributed by atoms with Crippen molar-refractivity contribution in [3.05, 3.63) is 23.3 Å². The van der Waals surface area contributed by atoms with E-state index >= 15 is 0 Å². The van der Waals surface area contributed by atoms with Crippen molar-refractivity contribution < 1.29 is 14.7 Å². The van der Waals surface area contributed by atoms with E-state index < -0.39 is 0 Å². The normalized spacial score (nSPS) is 17.2. The quantitative estimate of drug-likeness (QED) is 0.373. The molecule has 2 rings (SSSR count). The van der Waals surface area contributed by atoms with Gasteiger partial charge in [-0.15, -0.1) is 0 Å². The molecule has 0 saturated carbocycles. The Bertz CT molecular complexity index is 531. The number of nitrogens with zero attached hydrogens (tertiary/aromatic N) is 2. The molecule has 1 aromatic carbocycles. The summed E-state index contributed by atoms with van der Waals surface area (Å²) in [7, 11) is 3.28. The first-order valence-corrected chi connectivity index (χ1v) is 7.09. The number of fused-ring (bicyclic) bond motifs is 1. The van der Waals surface area contributed by atoms with Crippen LogP contribution in [-0.4, -0.2) is 42.7 Å². The van der Waals surface area contributed by atoms with Gasteiger partial charge in [-0.2, -0.15) is 0 Å². The molecular formula is C15H23N3O3. The summed E-state index contributed by atoms with van der Waals surface area (Å²) in [6, 6.07) is 4.01. The number of methoxy groups -OCH3 is 2. The van der Waals surface area contributed by atoms with Crippen LogP contribution in [0, 0.1) is 0 Å². The van der Waals surface area contributed by atoms with Crippen LogP contribution in [0.15, 0.2) is 17.3 Å². The van der Waals surface area contributed by atoms with Gasteiger partial charge in [0, 0.05) is 13.1 Å². The minimum absolute atomic E-state index is 0.0451. The lowest BCUT2D eigenvalue weighted by molar-refractivity contribution is 0.210. The van der Waals surface area contributed by atoms with Crippen LogP contribution in [0.2, 0.25) is 0 Å². The van der Waals surface area contributed by atoms with Gasteiger partial charge in [0.05, 0.1) is 20.3 Å². The molecule has 0 saturated heterocycles. The fourth-order valence-electron chi connectivity index (χ4n) is 2.89. The largest absolute Gasteiger partial charge is 0.493 e. The molecule has 0 aliphatic carbocycles. The van der Waals surface area contributed by atoms with Crippen LogP contribution in [0.1, 0.15) is 24.5 Å². The van der Waals surface area contributed by atoms with Crippen molar-refractivity contribution in [1.29, 1.82) is 0 Å². The van der Waals surface area contributed by atoms with E-state index in [1.165, 1.54) is 11.1 Å². The predicted octanol–water partition coefficient (Wildman–Crippen LogP) is 1.59. The maximum absolute atomic E-state index is 8.91. The lowest BCUT2D eigenvalue weighted by Gasteiger charge is -2.34. The molecular weight excluding hydrogens is 270 g/mol. The lowest BCUT2D eigenvalue weighted by atomic mass is 9.97. The molecule has 0 bridgehead atoms. The van der Waals surface area contributed by atoms with Crippen LogP contribution < -0.4 is 15.2 Å². The van der Waals surface area contributed by atoms with Gasteiger partial charge in [0.1, 0.15) is 0 Å². The van der Waals surface area contributed by atoms with Crippen LogP contribution in [0.4, 0.5) is 0 Å². The van der Waals surface area contributed by atoms with Crippen molar-refractivity contribution >= 4 is 5.84 Å². The van der Waals surface area contributed by atoms with E-state index in [-0.39, 0.29) is 11.9 Å². The summed E-state index contributed by atoms with van der Waals surface area (Å²) >= 11 is 0. The molecule has 0 radical (unpaired) electrons. The summed E-state index contributed by atoms with van der Waals surface area (Å²) < 4.78 is 10.7. The molecule has 1 aromatic rings. The number of amidine groups is 1. The fourth-order valence-corrected chi connectivity index (χ4v) is 2.89. The predicted molar refractivity (Wildman–Crippen MR) is 81.1 cm³/mol. The fraction of sp³-hybridized carbons (Fsp3) is 0.533. The van der Waals surface area contributed by atoms with Gasteiger partial charge in [-0.05, 0) is 36.1 Å². The highest BCUT2D eigenvalue weighted by Crippen LogP contribution is 2.33. The molecule has 21 heavy (non-hydrogen) atoms. The molecule has 0 amide bonds. The van der Waals surface area contributed by atoms with Crippen molar-refractivity contribution in [2.45, 2.75) is 32.4 Å². The highest BCUT2D eigenvalue weighted by atomic mass is 16.5. The van der Waals surface area contributed by atoms with E-state index in [1.54, 1.807) is 14.2 Å². The highest BCUT2D eigenvalue weighted by Gasteiger charge is 2.26. The molecule has 6 heteroatoms. The Morgan fingerprint density at radius 2 is 1.95 bits per heavy atom. The lowest BCUT2D eigenvalue weighted by Crippen LogP contribution is -2.46. The first-order chi connectivity index (χ1) is 10.1. The van der Waals surface area contributed by atoms with Crippen molar-refractivity contribution in [1.82, 2.24) is 4.90 Å². The zero-order valence-corrected chi connectivity index (χ0v) is 12.8. The third kappa shape index (κ3) is 3.05. The number of oxime groups is 1. The van der Waals surface area contributed by atoms with Crippen LogP contribution in [0.25, 0.3) is 0 Å². The molecule has 3 N–H and O–H groups in total.